The van der Waals surface area contributed by atoms with Crippen LogP contribution < -0.4 is 15.6 Å². The Morgan fingerprint density at radius 3 is 2.75 bits per heavy atom. The highest BCUT2D eigenvalue weighted by molar-refractivity contribution is 7.99. The van der Waals surface area contributed by atoms with E-state index in [9.17, 15) is 9.59 Å². The van der Waals surface area contributed by atoms with E-state index in [1.807, 2.05) is 30.3 Å². The van der Waals surface area contributed by atoms with Gasteiger partial charge in [-0.15, -0.1) is 0 Å². The van der Waals surface area contributed by atoms with E-state index in [0.717, 1.165) is 5.56 Å². The zero-order valence-electron chi connectivity index (χ0n) is 17.1. The molecule has 1 N–H and O–H groups in total. The number of rotatable bonds is 7. The lowest BCUT2D eigenvalue weighted by molar-refractivity contribution is -0.113. The van der Waals surface area contributed by atoms with E-state index in [2.05, 4.69) is 15.3 Å². The summed E-state index contributed by atoms with van der Waals surface area (Å²) in [5.41, 5.74) is 1.57. The monoisotopic (exact) mass is 466 g/mol. The molecule has 32 heavy (non-hydrogen) atoms. The van der Waals surface area contributed by atoms with Gasteiger partial charge in [0.1, 0.15) is 5.75 Å². The molecule has 0 fully saturated rings. The Morgan fingerprint density at radius 2 is 1.97 bits per heavy atom. The maximum atomic E-state index is 13.1. The molecule has 0 aliphatic carbocycles. The number of nitrogens with zero attached hydrogens (tertiary/aromatic N) is 3. The predicted octanol–water partition coefficient (Wildman–Crippen LogP) is 4.23. The van der Waals surface area contributed by atoms with Crippen molar-refractivity contribution in [2.24, 2.45) is 0 Å². The largest absolute Gasteiger partial charge is 0.495 e. The summed E-state index contributed by atoms with van der Waals surface area (Å²) in [6.07, 6.45) is 1.59. The molecule has 2 heterocycles. The second kappa shape index (κ2) is 9.84. The van der Waals surface area contributed by atoms with Crippen LogP contribution >= 0.6 is 23.4 Å². The van der Waals surface area contributed by atoms with Crippen molar-refractivity contribution in [3.05, 3.63) is 87.8 Å². The Morgan fingerprint density at radius 1 is 1.16 bits per heavy atom. The molecular weight excluding hydrogens is 448 g/mol. The van der Waals surface area contributed by atoms with Crippen LogP contribution in [-0.4, -0.2) is 33.3 Å². The number of thioether (sulfide) groups is 1. The van der Waals surface area contributed by atoms with Crippen molar-refractivity contribution in [1.82, 2.24) is 14.5 Å². The summed E-state index contributed by atoms with van der Waals surface area (Å²) in [5, 5.41) is 4.12. The van der Waals surface area contributed by atoms with E-state index >= 15 is 0 Å². The molecule has 4 rings (SSSR count). The molecule has 0 saturated heterocycles. The summed E-state index contributed by atoms with van der Waals surface area (Å²) in [4.78, 5) is 34.5. The van der Waals surface area contributed by atoms with Gasteiger partial charge in [-0.1, -0.05) is 53.7 Å². The molecule has 0 spiro atoms. The number of nitrogens with one attached hydrogen (secondary N) is 1. The number of halogens is 1. The van der Waals surface area contributed by atoms with Gasteiger partial charge in [0.05, 0.1) is 30.5 Å². The fraction of sp³-hybridized carbons (Fsp3) is 0.130. The summed E-state index contributed by atoms with van der Waals surface area (Å²) < 4.78 is 6.83. The topological polar surface area (TPSA) is 86.1 Å². The quantitative estimate of drug-likeness (QED) is 0.324. The lowest BCUT2D eigenvalue weighted by atomic mass is 10.2. The number of fused-ring (bicyclic) bond motifs is 1. The van der Waals surface area contributed by atoms with Crippen LogP contribution in [0.15, 0.2) is 76.8 Å². The number of pyridine rings is 1. The van der Waals surface area contributed by atoms with Crippen molar-refractivity contribution >= 4 is 46.0 Å². The van der Waals surface area contributed by atoms with E-state index in [1.54, 1.807) is 41.1 Å². The maximum Gasteiger partial charge on any atom is 0.263 e. The second-order valence-corrected chi connectivity index (χ2v) is 8.21. The van der Waals surface area contributed by atoms with Crippen LogP contribution in [0.1, 0.15) is 5.56 Å². The molecule has 4 aromatic rings. The average molecular weight is 467 g/mol. The molecule has 0 atom stereocenters. The van der Waals surface area contributed by atoms with Crippen molar-refractivity contribution in [2.75, 3.05) is 18.2 Å². The van der Waals surface area contributed by atoms with E-state index in [4.69, 9.17) is 16.3 Å². The SMILES string of the molecule is COc1ccc(Cl)cc1NC(=O)CSc1nc2ncccc2c(=O)n1Cc1ccccc1. The van der Waals surface area contributed by atoms with Crippen LogP contribution in [0.3, 0.4) is 0 Å². The van der Waals surface area contributed by atoms with Gasteiger partial charge in [0.25, 0.3) is 5.56 Å². The van der Waals surface area contributed by atoms with Gasteiger partial charge < -0.3 is 10.1 Å². The number of hydrogen-bond donors (Lipinski definition) is 1. The van der Waals surface area contributed by atoms with Gasteiger partial charge in [0.15, 0.2) is 10.8 Å². The lowest BCUT2D eigenvalue weighted by Gasteiger charge is -2.13. The molecule has 0 bridgehead atoms. The zero-order valence-corrected chi connectivity index (χ0v) is 18.7. The van der Waals surface area contributed by atoms with Crippen LogP contribution in [0.2, 0.25) is 5.02 Å². The Balaban J connectivity index is 1.60. The number of methoxy groups -OCH3 is 1. The second-order valence-electron chi connectivity index (χ2n) is 6.83. The summed E-state index contributed by atoms with van der Waals surface area (Å²) in [7, 11) is 1.52. The van der Waals surface area contributed by atoms with Gasteiger partial charge in [0, 0.05) is 11.2 Å². The summed E-state index contributed by atoms with van der Waals surface area (Å²) in [6.45, 7) is 0.337. The standard InChI is InChI=1S/C23H19ClN4O3S/c1-31-19-10-9-16(24)12-18(19)26-20(29)14-32-23-27-21-17(8-5-11-25-21)22(30)28(23)13-15-6-3-2-4-7-15/h2-12H,13-14H2,1H3,(H,26,29). The molecule has 162 valence electrons. The molecular formula is C23H19ClN4O3S. The number of anilines is 1. The number of carbonyl (C=O) groups excluding carboxylic acids is 1. The highest BCUT2D eigenvalue weighted by Gasteiger charge is 2.15. The van der Waals surface area contributed by atoms with Gasteiger partial charge in [-0.25, -0.2) is 9.97 Å². The molecule has 0 radical (unpaired) electrons. The Labute approximate surface area is 193 Å². The average Bonchev–Trinajstić information content (AvgIpc) is 2.81. The third kappa shape index (κ3) is 4.92. The van der Waals surface area contributed by atoms with Crippen LogP contribution in [0.25, 0.3) is 11.0 Å². The Kier molecular flexibility index (Phi) is 6.72. The predicted molar refractivity (Wildman–Crippen MR) is 127 cm³/mol. The molecule has 7 nitrogen and oxygen atoms in total. The van der Waals surface area contributed by atoms with E-state index in [1.165, 1.54) is 18.9 Å². The molecule has 1 amide bonds. The molecule has 2 aromatic carbocycles. The fourth-order valence-electron chi connectivity index (χ4n) is 3.15. The molecule has 0 unspecified atom stereocenters. The molecule has 0 aliphatic heterocycles. The third-order valence-electron chi connectivity index (χ3n) is 4.65. The fourth-order valence-corrected chi connectivity index (χ4v) is 4.10. The van der Waals surface area contributed by atoms with Crippen molar-refractivity contribution < 1.29 is 9.53 Å². The molecule has 2 aromatic heterocycles. The van der Waals surface area contributed by atoms with Gasteiger partial charge in [0.2, 0.25) is 5.91 Å². The first-order valence-electron chi connectivity index (χ1n) is 9.71. The maximum absolute atomic E-state index is 13.1. The molecule has 0 aliphatic rings. The van der Waals surface area contributed by atoms with Gasteiger partial charge in [-0.3, -0.25) is 14.2 Å². The summed E-state index contributed by atoms with van der Waals surface area (Å²) in [5.74, 6) is 0.258. The highest BCUT2D eigenvalue weighted by Crippen LogP contribution is 2.28. The minimum absolute atomic E-state index is 0.0369. The van der Waals surface area contributed by atoms with E-state index < -0.39 is 0 Å². The van der Waals surface area contributed by atoms with Gasteiger partial charge in [-0.2, -0.15) is 0 Å². The van der Waals surface area contributed by atoms with Gasteiger partial charge in [-0.05, 0) is 35.9 Å². The number of hydrogen-bond acceptors (Lipinski definition) is 6. The smallest absolute Gasteiger partial charge is 0.263 e. The summed E-state index contributed by atoms with van der Waals surface area (Å²) >= 11 is 7.20. The highest BCUT2D eigenvalue weighted by atomic mass is 35.5. The van der Waals surface area contributed by atoms with Crippen molar-refractivity contribution in [1.29, 1.82) is 0 Å². The first-order chi connectivity index (χ1) is 15.5. The number of aromatic nitrogens is 3. The number of benzene rings is 2. The van der Waals surface area contributed by atoms with E-state index in [-0.39, 0.29) is 17.2 Å². The first kappa shape index (κ1) is 21.9. The van der Waals surface area contributed by atoms with Crippen LogP contribution in [0.5, 0.6) is 5.75 Å². The molecule has 9 heteroatoms. The number of amides is 1. The molecule has 0 saturated carbocycles. The third-order valence-corrected chi connectivity index (χ3v) is 5.86. The van der Waals surface area contributed by atoms with Crippen molar-refractivity contribution in [3.63, 3.8) is 0 Å². The van der Waals surface area contributed by atoms with Crippen molar-refractivity contribution in [2.45, 2.75) is 11.7 Å². The minimum atomic E-state index is -0.280. The van der Waals surface area contributed by atoms with Crippen LogP contribution in [0, 0.1) is 0 Å². The minimum Gasteiger partial charge on any atom is -0.495 e. The van der Waals surface area contributed by atoms with Crippen LogP contribution in [-0.2, 0) is 11.3 Å². The lowest BCUT2D eigenvalue weighted by Crippen LogP contribution is -2.25. The Bertz CT molecular complexity index is 1330. The Hall–Kier alpha value is -3.36. The summed E-state index contributed by atoms with van der Waals surface area (Å²) in [6, 6.07) is 18.0. The first-order valence-corrected chi connectivity index (χ1v) is 11.1. The normalized spacial score (nSPS) is 10.8. The number of ether oxygens (including phenoxy) is 1. The van der Waals surface area contributed by atoms with Crippen LogP contribution in [0.4, 0.5) is 5.69 Å². The van der Waals surface area contributed by atoms with Gasteiger partial charge >= 0.3 is 0 Å². The van der Waals surface area contributed by atoms with E-state index in [0.29, 0.717) is 39.2 Å². The zero-order chi connectivity index (χ0) is 22.5. The van der Waals surface area contributed by atoms with Crippen molar-refractivity contribution in [3.8, 4) is 5.75 Å². The number of carbonyl (C=O) groups is 1.